The molecule has 2 aliphatic heterocycles. The zero-order valence-electron chi connectivity index (χ0n) is 12.5. The fourth-order valence-corrected chi connectivity index (χ4v) is 2.59. The van der Waals surface area contributed by atoms with Gasteiger partial charge in [0.05, 0.1) is 24.1 Å². The predicted octanol–water partition coefficient (Wildman–Crippen LogP) is 1.28. The molecular formula is C16H14N6O. The highest BCUT2D eigenvalue weighted by molar-refractivity contribution is 6.19. The first kappa shape index (κ1) is 13.6. The summed E-state index contributed by atoms with van der Waals surface area (Å²) < 4.78 is 0. The van der Waals surface area contributed by atoms with Gasteiger partial charge in [-0.25, -0.2) is 9.98 Å². The van der Waals surface area contributed by atoms with Crippen LogP contribution in [0.3, 0.4) is 0 Å². The molecule has 0 radical (unpaired) electrons. The van der Waals surface area contributed by atoms with Crippen LogP contribution in [-0.4, -0.2) is 45.7 Å². The van der Waals surface area contributed by atoms with Gasteiger partial charge in [-0.1, -0.05) is 12.1 Å². The largest absolute Gasteiger partial charge is 0.294 e. The third-order valence-electron chi connectivity index (χ3n) is 3.71. The first-order chi connectivity index (χ1) is 11.2. The van der Waals surface area contributed by atoms with Gasteiger partial charge in [-0.2, -0.15) is 0 Å². The average Bonchev–Trinajstić information content (AvgIpc) is 3.06. The Kier molecular flexibility index (Phi) is 3.11. The number of aromatic nitrogens is 2. The molecule has 1 amide bonds. The average molecular weight is 306 g/mol. The summed E-state index contributed by atoms with van der Waals surface area (Å²) >= 11 is 0. The number of hydrogen-bond donors (Lipinski definition) is 1. The van der Waals surface area contributed by atoms with E-state index >= 15 is 0 Å². The molecule has 7 heteroatoms. The summed E-state index contributed by atoms with van der Waals surface area (Å²) in [5.41, 5.74) is 2.81. The minimum absolute atomic E-state index is 0.259. The molecule has 2 aromatic rings. The van der Waals surface area contributed by atoms with Crippen LogP contribution in [0.4, 0.5) is 5.69 Å². The number of benzene rings is 1. The fraction of sp³-hybridized carbons (Fsp3) is 0.188. The van der Waals surface area contributed by atoms with Crippen LogP contribution in [0.15, 0.2) is 46.6 Å². The molecule has 0 saturated carbocycles. The smallest absolute Gasteiger partial charge is 0.278 e. The van der Waals surface area contributed by atoms with Crippen molar-refractivity contribution in [3.8, 4) is 0 Å². The van der Waals surface area contributed by atoms with Crippen LogP contribution in [0.25, 0.3) is 0 Å². The minimum Gasteiger partial charge on any atom is -0.294 e. The number of aryl methyl sites for hydroxylation is 1. The fourth-order valence-electron chi connectivity index (χ4n) is 2.59. The highest BCUT2D eigenvalue weighted by atomic mass is 16.2. The van der Waals surface area contributed by atoms with Crippen molar-refractivity contribution in [2.75, 3.05) is 13.1 Å². The maximum absolute atomic E-state index is 12.4. The monoisotopic (exact) mass is 306 g/mol. The molecule has 0 fully saturated rings. The molecule has 1 aromatic heterocycles. The lowest BCUT2D eigenvalue weighted by Crippen LogP contribution is -2.47. The van der Waals surface area contributed by atoms with Gasteiger partial charge >= 0.3 is 0 Å². The molecular weight excluding hydrogens is 292 g/mol. The number of guanidine groups is 1. The van der Waals surface area contributed by atoms with E-state index in [4.69, 9.17) is 0 Å². The summed E-state index contributed by atoms with van der Waals surface area (Å²) in [4.78, 5) is 31.5. The molecule has 7 nitrogen and oxygen atoms in total. The van der Waals surface area contributed by atoms with Gasteiger partial charge in [0.2, 0.25) is 5.96 Å². The molecule has 114 valence electrons. The maximum Gasteiger partial charge on any atom is 0.278 e. The second kappa shape index (κ2) is 5.28. The van der Waals surface area contributed by atoms with E-state index in [0.29, 0.717) is 19.0 Å². The quantitative estimate of drug-likeness (QED) is 0.860. The van der Waals surface area contributed by atoms with Gasteiger partial charge in [-0.05, 0) is 19.1 Å². The number of amidine groups is 1. The van der Waals surface area contributed by atoms with Gasteiger partial charge in [0.1, 0.15) is 11.5 Å². The molecule has 4 rings (SSSR count). The maximum atomic E-state index is 12.4. The van der Waals surface area contributed by atoms with Crippen molar-refractivity contribution in [2.24, 2.45) is 9.98 Å². The van der Waals surface area contributed by atoms with E-state index in [1.807, 2.05) is 36.1 Å². The van der Waals surface area contributed by atoms with E-state index in [9.17, 15) is 4.79 Å². The lowest BCUT2D eigenvalue weighted by Gasteiger charge is -2.27. The Hall–Kier alpha value is -3.09. The highest BCUT2D eigenvalue weighted by Crippen LogP contribution is 2.27. The standard InChI is InChI=1S/C16H14N6O/c1-10-8-19-13(9-18-10)15(23)21-16-20-12-5-3-2-4-11(12)14-17-6-7-22(14)16/h2-5,8-9H,6-7H2,1H3,(H,20,21,23). The van der Waals surface area contributed by atoms with Crippen LogP contribution in [0.2, 0.25) is 0 Å². The lowest BCUT2D eigenvalue weighted by molar-refractivity contribution is 0.0969. The Labute approximate surface area is 132 Å². The summed E-state index contributed by atoms with van der Waals surface area (Å²) in [6.45, 7) is 3.20. The van der Waals surface area contributed by atoms with Crippen LogP contribution in [-0.2, 0) is 0 Å². The Morgan fingerprint density at radius 3 is 2.91 bits per heavy atom. The van der Waals surface area contributed by atoms with Gasteiger partial charge < -0.3 is 0 Å². The van der Waals surface area contributed by atoms with Gasteiger partial charge in [0.25, 0.3) is 5.91 Å². The molecule has 0 saturated heterocycles. The summed E-state index contributed by atoms with van der Waals surface area (Å²) in [6, 6.07) is 7.77. The number of amides is 1. The van der Waals surface area contributed by atoms with Crippen molar-refractivity contribution >= 4 is 23.4 Å². The number of rotatable bonds is 1. The SMILES string of the molecule is Cc1cnc(C(=O)NC2=Nc3ccccc3C3=NCCN23)cn1. The predicted molar refractivity (Wildman–Crippen MR) is 85.9 cm³/mol. The van der Waals surface area contributed by atoms with Gasteiger partial charge in [0, 0.05) is 18.3 Å². The first-order valence-electron chi connectivity index (χ1n) is 7.32. The highest BCUT2D eigenvalue weighted by Gasteiger charge is 2.30. The van der Waals surface area contributed by atoms with Crippen LogP contribution in [0.5, 0.6) is 0 Å². The van der Waals surface area contributed by atoms with Crippen molar-refractivity contribution in [2.45, 2.75) is 6.92 Å². The summed E-state index contributed by atoms with van der Waals surface area (Å²) in [7, 11) is 0. The number of nitrogens with one attached hydrogen (secondary N) is 1. The summed E-state index contributed by atoms with van der Waals surface area (Å²) in [5.74, 6) is 0.995. The molecule has 3 heterocycles. The molecule has 1 aromatic carbocycles. The van der Waals surface area contributed by atoms with E-state index < -0.39 is 0 Å². The number of carbonyl (C=O) groups excluding carboxylic acids is 1. The molecule has 1 N–H and O–H groups in total. The second-order valence-electron chi connectivity index (χ2n) is 5.31. The second-order valence-corrected chi connectivity index (χ2v) is 5.31. The number of hydrogen-bond acceptors (Lipinski definition) is 6. The van der Waals surface area contributed by atoms with Crippen LogP contribution in [0.1, 0.15) is 21.7 Å². The summed E-state index contributed by atoms with van der Waals surface area (Å²) in [6.07, 6.45) is 3.02. The summed E-state index contributed by atoms with van der Waals surface area (Å²) in [5, 5.41) is 2.82. The van der Waals surface area contributed by atoms with E-state index in [1.54, 1.807) is 6.20 Å². The molecule has 0 unspecified atom stereocenters. The van der Waals surface area contributed by atoms with Crippen molar-refractivity contribution in [3.63, 3.8) is 0 Å². The number of para-hydroxylation sites is 1. The zero-order chi connectivity index (χ0) is 15.8. The molecule has 0 atom stereocenters. The van der Waals surface area contributed by atoms with Crippen molar-refractivity contribution in [1.29, 1.82) is 0 Å². The molecule has 23 heavy (non-hydrogen) atoms. The van der Waals surface area contributed by atoms with Crippen molar-refractivity contribution in [3.05, 3.63) is 53.6 Å². The van der Waals surface area contributed by atoms with E-state index in [2.05, 4.69) is 25.3 Å². The van der Waals surface area contributed by atoms with Crippen molar-refractivity contribution < 1.29 is 4.79 Å². The van der Waals surface area contributed by atoms with E-state index in [1.165, 1.54) is 6.20 Å². The van der Waals surface area contributed by atoms with E-state index in [-0.39, 0.29) is 11.6 Å². The van der Waals surface area contributed by atoms with Crippen molar-refractivity contribution in [1.82, 2.24) is 20.2 Å². The lowest BCUT2D eigenvalue weighted by atomic mass is 10.1. The number of carbonyl (C=O) groups is 1. The number of nitrogens with zero attached hydrogens (tertiary/aromatic N) is 5. The minimum atomic E-state index is -0.332. The van der Waals surface area contributed by atoms with Crippen LogP contribution in [0, 0.1) is 6.92 Å². The van der Waals surface area contributed by atoms with Crippen LogP contribution >= 0.6 is 0 Å². The van der Waals surface area contributed by atoms with Gasteiger partial charge in [-0.15, -0.1) is 0 Å². The molecule has 0 spiro atoms. The third kappa shape index (κ3) is 2.36. The Morgan fingerprint density at radius 1 is 1.22 bits per heavy atom. The van der Waals surface area contributed by atoms with E-state index in [0.717, 1.165) is 22.8 Å². The molecule has 0 aliphatic carbocycles. The Balaban J connectivity index is 1.66. The number of fused-ring (bicyclic) bond motifs is 3. The normalized spacial score (nSPS) is 15.4. The topological polar surface area (TPSA) is 82.8 Å². The third-order valence-corrected chi connectivity index (χ3v) is 3.71. The van der Waals surface area contributed by atoms with Gasteiger partial charge in [-0.3, -0.25) is 25.0 Å². The zero-order valence-corrected chi connectivity index (χ0v) is 12.5. The molecule has 0 bridgehead atoms. The number of aliphatic imine (C=N–C) groups is 2. The Bertz CT molecular complexity index is 840. The Morgan fingerprint density at radius 2 is 2.09 bits per heavy atom. The van der Waals surface area contributed by atoms with Crippen LogP contribution < -0.4 is 5.32 Å². The first-order valence-corrected chi connectivity index (χ1v) is 7.32. The molecule has 2 aliphatic rings. The van der Waals surface area contributed by atoms with Gasteiger partial charge in [0.15, 0.2) is 0 Å².